The van der Waals surface area contributed by atoms with E-state index in [1.807, 2.05) is 91.0 Å². The average Bonchev–Trinajstić information content (AvgIpc) is 2.79. The highest BCUT2D eigenvalue weighted by atomic mass is 16.6. The summed E-state index contributed by atoms with van der Waals surface area (Å²) in [7, 11) is 0. The Kier molecular flexibility index (Phi) is 8.01. The maximum atomic E-state index is 12.8. The van der Waals surface area contributed by atoms with E-state index < -0.39 is 18.2 Å². The summed E-state index contributed by atoms with van der Waals surface area (Å²) in [5.41, 5.74) is 9.14. The summed E-state index contributed by atoms with van der Waals surface area (Å²) in [5, 5.41) is 10.7. The Labute approximate surface area is 177 Å². The number of amides is 1. The van der Waals surface area contributed by atoms with Crippen LogP contribution in [0.2, 0.25) is 0 Å². The summed E-state index contributed by atoms with van der Waals surface area (Å²) in [6.45, 7) is 0.608. The molecule has 0 aromatic heterocycles. The fourth-order valence-corrected chi connectivity index (χ4v) is 3.20. The zero-order chi connectivity index (χ0) is 21.2. The Morgan fingerprint density at radius 2 is 1.33 bits per heavy atom. The van der Waals surface area contributed by atoms with Gasteiger partial charge in [-0.3, -0.25) is 0 Å². The summed E-state index contributed by atoms with van der Waals surface area (Å²) in [6, 6.07) is 28.4. The van der Waals surface area contributed by atoms with Gasteiger partial charge in [0.05, 0.1) is 12.6 Å². The van der Waals surface area contributed by atoms with Crippen LogP contribution in [0.15, 0.2) is 91.0 Å². The maximum absolute atomic E-state index is 12.8. The van der Waals surface area contributed by atoms with Crippen LogP contribution in [-0.4, -0.2) is 34.8 Å². The molecule has 0 spiro atoms. The molecular weight excluding hydrogens is 376 g/mol. The number of rotatable bonds is 9. The third-order valence-corrected chi connectivity index (χ3v) is 4.90. The van der Waals surface area contributed by atoms with Crippen molar-refractivity contribution in [3.63, 3.8) is 0 Å². The molecule has 1 amide bonds. The Hall–Kier alpha value is -3.15. The van der Waals surface area contributed by atoms with Crippen molar-refractivity contribution in [1.82, 2.24) is 4.90 Å². The van der Waals surface area contributed by atoms with Gasteiger partial charge in [0.1, 0.15) is 6.61 Å². The van der Waals surface area contributed by atoms with Crippen LogP contribution in [-0.2, 0) is 24.3 Å². The molecule has 0 aliphatic carbocycles. The lowest BCUT2D eigenvalue weighted by molar-refractivity contribution is 0.0576. The van der Waals surface area contributed by atoms with E-state index in [0.717, 1.165) is 16.7 Å². The SMILES string of the molecule is NC(Cc1ccccc1)C(O)CN(Cc1ccccc1)C(=O)OCc1ccccc1. The van der Waals surface area contributed by atoms with Crippen LogP contribution in [0.25, 0.3) is 0 Å². The van der Waals surface area contributed by atoms with E-state index in [1.165, 1.54) is 4.90 Å². The van der Waals surface area contributed by atoms with Crippen molar-refractivity contribution in [3.8, 4) is 0 Å². The summed E-state index contributed by atoms with van der Waals surface area (Å²) >= 11 is 0. The Morgan fingerprint density at radius 3 is 1.90 bits per heavy atom. The minimum absolute atomic E-state index is 0.0938. The highest BCUT2D eigenvalue weighted by Gasteiger charge is 2.23. The maximum Gasteiger partial charge on any atom is 0.410 e. The van der Waals surface area contributed by atoms with Gasteiger partial charge in [-0.05, 0) is 23.1 Å². The zero-order valence-corrected chi connectivity index (χ0v) is 16.9. The van der Waals surface area contributed by atoms with E-state index in [1.54, 1.807) is 0 Å². The van der Waals surface area contributed by atoms with Crippen LogP contribution in [0.5, 0.6) is 0 Å². The van der Waals surface area contributed by atoms with E-state index in [2.05, 4.69) is 0 Å². The molecule has 2 atom stereocenters. The molecular formula is C25H28N2O3. The summed E-state index contributed by atoms with van der Waals surface area (Å²) in [5.74, 6) is 0. The molecule has 3 aromatic carbocycles. The molecule has 0 bridgehead atoms. The van der Waals surface area contributed by atoms with Crippen molar-refractivity contribution in [2.24, 2.45) is 5.73 Å². The van der Waals surface area contributed by atoms with Crippen molar-refractivity contribution in [3.05, 3.63) is 108 Å². The largest absolute Gasteiger partial charge is 0.445 e. The molecule has 2 unspecified atom stereocenters. The fourth-order valence-electron chi connectivity index (χ4n) is 3.20. The number of carbonyl (C=O) groups is 1. The van der Waals surface area contributed by atoms with Crippen LogP contribution in [0.1, 0.15) is 16.7 Å². The van der Waals surface area contributed by atoms with Crippen LogP contribution < -0.4 is 5.73 Å². The molecule has 0 aliphatic heterocycles. The second-order valence-corrected chi connectivity index (χ2v) is 7.33. The average molecular weight is 405 g/mol. The smallest absolute Gasteiger partial charge is 0.410 e. The second kappa shape index (κ2) is 11.1. The number of nitrogens with two attached hydrogens (primary N) is 1. The molecule has 0 aliphatic rings. The van der Waals surface area contributed by atoms with E-state index in [0.29, 0.717) is 13.0 Å². The van der Waals surface area contributed by atoms with Crippen molar-refractivity contribution >= 4 is 6.09 Å². The first-order valence-electron chi connectivity index (χ1n) is 10.1. The van der Waals surface area contributed by atoms with E-state index in [4.69, 9.17) is 10.5 Å². The lowest BCUT2D eigenvalue weighted by Gasteiger charge is -2.27. The summed E-state index contributed by atoms with van der Waals surface area (Å²) < 4.78 is 5.50. The minimum atomic E-state index is -0.877. The van der Waals surface area contributed by atoms with Gasteiger partial charge in [-0.25, -0.2) is 4.79 Å². The number of nitrogens with zero attached hydrogens (tertiary/aromatic N) is 1. The standard InChI is InChI=1S/C25H28N2O3/c26-23(16-20-10-4-1-5-11-20)24(28)18-27(17-21-12-6-2-7-13-21)25(29)30-19-22-14-8-3-9-15-22/h1-15,23-24,28H,16-19,26H2. The predicted molar refractivity (Wildman–Crippen MR) is 118 cm³/mol. The molecule has 0 saturated carbocycles. The molecule has 3 rings (SSSR count). The number of aliphatic hydroxyl groups excluding tert-OH is 1. The monoisotopic (exact) mass is 404 g/mol. The van der Waals surface area contributed by atoms with Gasteiger partial charge in [0, 0.05) is 12.6 Å². The molecule has 0 saturated heterocycles. The van der Waals surface area contributed by atoms with Crippen molar-refractivity contribution in [2.75, 3.05) is 6.54 Å². The molecule has 5 heteroatoms. The van der Waals surface area contributed by atoms with Crippen LogP contribution >= 0.6 is 0 Å². The highest BCUT2D eigenvalue weighted by Crippen LogP contribution is 2.12. The van der Waals surface area contributed by atoms with Crippen LogP contribution in [0.4, 0.5) is 4.79 Å². The van der Waals surface area contributed by atoms with Crippen molar-refractivity contribution < 1.29 is 14.6 Å². The first kappa shape index (κ1) is 21.6. The lowest BCUT2D eigenvalue weighted by atomic mass is 10.0. The molecule has 0 radical (unpaired) electrons. The van der Waals surface area contributed by atoms with Crippen molar-refractivity contribution in [2.45, 2.75) is 31.7 Å². The van der Waals surface area contributed by atoms with Gasteiger partial charge in [-0.2, -0.15) is 0 Å². The molecule has 0 heterocycles. The molecule has 30 heavy (non-hydrogen) atoms. The Balaban J connectivity index is 1.64. The summed E-state index contributed by atoms with van der Waals surface area (Å²) in [4.78, 5) is 14.3. The van der Waals surface area contributed by atoms with Crippen LogP contribution in [0, 0.1) is 0 Å². The molecule has 3 aromatic rings. The first-order valence-corrected chi connectivity index (χ1v) is 10.1. The highest BCUT2D eigenvalue weighted by molar-refractivity contribution is 5.67. The molecule has 156 valence electrons. The van der Waals surface area contributed by atoms with Gasteiger partial charge in [-0.15, -0.1) is 0 Å². The third kappa shape index (κ3) is 6.72. The number of aliphatic hydroxyl groups is 1. The first-order chi connectivity index (χ1) is 14.6. The predicted octanol–water partition coefficient (Wildman–Crippen LogP) is 3.76. The topological polar surface area (TPSA) is 75.8 Å². The normalized spacial score (nSPS) is 12.7. The quantitative estimate of drug-likeness (QED) is 0.569. The molecule has 0 fully saturated rings. The van der Waals surface area contributed by atoms with E-state index in [-0.39, 0.29) is 13.2 Å². The Morgan fingerprint density at radius 1 is 0.833 bits per heavy atom. The third-order valence-electron chi connectivity index (χ3n) is 4.90. The summed E-state index contributed by atoms with van der Waals surface area (Å²) in [6.07, 6.45) is -0.827. The number of benzene rings is 3. The molecule has 5 nitrogen and oxygen atoms in total. The van der Waals surface area contributed by atoms with Gasteiger partial charge in [-0.1, -0.05) is 91.0 Å². The second-order valence-electron chi connectivity index (χ2n) is 7.33. The van der Waals surface area contributed by atoms with Gasteiger partial charge >= 0.3 is 6.09 Å². The minimum Gasteiger partial charge on any atom is -0.445 e. The number of ether oxygens (including phenoxy) is 1. The Bertz CT molecular complexity index is 888. The van der Waals surface area contributed by atoms with Gasteiger partial charge in [0.15, 0.2) is 0 Å². The molecule has 3 N–H and O–H groups in total. The zero-order valence-electron chi connectivity index (χ0n) is 16.9. The van der Waals surface area contributed by atoms with E-state index >= 15 is 0 Å². The van der Waals surface area contributed by atoms with Crippen LogP contribution in [0.3, 0.4) is 0 Å². The van der Waals surface area contributed by atoms with Gasteiger partial charge in [0.2, 0.25) is 0 Å². The number of hydrogen-bond donors (Lipinski definition) is 2. The van der Waals surface area contributed by atoms with Gasteiger partial charge in [0.25, 0.3) is 0 Å². The number of hydrogen-bond acceptors (Lipinski definition) is 4. The van der Waals surface area contributed by atoms with E-state index in [9.17, 15) is 9.90 Å². The lowest BCUT2D eigenvalue weighted by Crippen LogP contribution is -2.46. The van der Waals surface area contributed by atoms with Crippen molar-refractivity contribution in [1.29, 1.82) is 0 Å². The number of carbonyl (C=O) groups excluding carboxylic acids is 1. The fraction of sp³-hybridized carbons (Fsp3) is 0.240. The van der Waals surface area contributed by atoms with Gasteiger partial charge < -0.3 is 20.5 Å².